The van der Waals surface area contributed by atoms with Crippen LogP contribution in [0.1, 0.15) is 11.8 Å². The number of nitrogens with two attached hydrogens (primary N) is 1. The maximum Gasteiger partial charge on any atom is 0.0606 e. The minimum absolute atomic E-state index is 0.0501. The van der Waals surface area contributed by atoms with Crippen LogP contribution in [0.2, 0.25) is 0 Å². The van der Waals surface area contributed by atoms with Gasteiger partial charge in [0.25, 0.3) is 0 Å². The normalized spacial score (nSPS) is 10.8. The maximum absolute atomic E-state index is 9.24. The average molecular weight is 306 g/mol. The molecule has 2 rings (SSSR count). The SMILES string of the molecule is CCc1ccc(-c2cc(N)ccc2N(CCO)CCO)s1. The number of aliphatic hydroxyl groups is 2. The Labute approximate surface area is 129 Å². The topological polar surface area (TPSA) is 69.7 Å². The molecular formula is C16H22N2O2S. The molecule has 0 aliphatic heterocycles. The molecule has 0 bridgehead atoms. The van der Waals surface area contributed by atoms with Crippen LogP contribution in [0, 0.1) is 0 Å². The molecule has 1 aromatic carbocycles. The Hall–Kier alpha value is -1.56. The number of benzene rings is 1. The number of hydrogen-bond acceptors (Lipinski definition) is 5. The molecule has 0 atom stereocenters. The van der Waals surface area contributed by atoms with E-state index in [1.807, 2.05) is 23.1 Å². The summed E-state index contributed by atoms with van der Waals surface area (Å²) in [4.78, 5) is 4.48. The summed E-state index contributed by atoms with van der Waals surface area (Å²) in [5.41, 5.74) is 8.71. The van der Waals surface area contributed by atoms with Crippen molar-refractivity contribution in [1.29, 1.82) is 0 Å². The Morgan fingerprint density at radius 1 is 1.10 bits per heavy atom. The minimum Gasteiger partial charge on any atom is -0.399 e. The van der Waals surface area contributed by atoms with Gasteiger partial charge >= 0.3 is 0 Å². The first kappa shape index (κ1) is 15.8. The molecule has 4 nitrogen and oxygen atoms in total. The molecule has 0 unspecified atom stereocenters. The zero-order valence-electron chi connectivity index (χ0n) is 12.2. The zero-order chi connectivity index (χ0) is 15.2. The lowest BCUT2D eigenvalue weighted by Gasteiger charge is -2.25. The van der Waals surface area contributed by atoms with Crippen LogP contribution in [0.15, 0.2) is 30.3 Å². The van der Waals surface area contributed by atoms with Crippen molar-refractivity contribution in [2.45, 2.75) is 13.3 Å². The quantitative estimate of drug-likeness (QED) is 0.687. The second-order valence-electron chi connectivity index (χ2n) is 4.83. The van der Waals surface area contributed by atoms with E-state index in [1.165, 1.54) is 4.88 Å². The van der Waals surface area contributed by atoms with Crippen LogP contribution in [0.25, 0.3) is 10.4 Å². The third-order valence-corrected chi connectivity index (χ3v) is 4.64. The number of anilines is 2. The fraction of sp³-hybridized carbons (Fsp3) is 0.375. The molecule has 0 saturated carbocycles. The van der Waals surface area contributed by atoms with E-state index in [-0.39, 0.29) is 13.2 Å². The molecule has 5 heteroatoms. The molecule has 0 aliphatic carbocycles. The highest BCUT2D eigenvalue weighted by Gasteiger charge is 2.14. The van der Waals surface area contributed by atoms with E-state index in [0.717, 1.165) is 22.5 Å². The van der Waals surface area contributed by atoms with E-state index in [2.05, 4.69) is 19.1 Å². The lowest BCUT2D eigenvalue weighted by Crippen LogP contribution is -2.30. The van der Waals surface area contributed by atoms with E-state index < -0.39 is 0 Å². The van der Waals surface area contributed by atoms with Crippen LogP contribution in [0.5, 0.6) is 0 Å². The van der Waals surface area contributed by atoms with Gasteiger partial charge in [0.15, 0.2) is 0 Å². The summed E-state index contributed by atoms with van der Waals surface area (Å²) in [6, 6.07) is 10.0. The molecule has 0 aliphatic rings. The van der Waals surface area contributed by atoms with Crippen molar-refractivity contribution >= 4 is 22.7 Å². The largest absolute Gasteiger partial charge is 0.399 e. The molecule has 0 amide bonds. The Kier molecular flexibility index (Phi) is 5.61. The van der Waals surface area contributed by atoms with Crippen LogP contribution in [0.4, 0.5) is 11.4 Å². The van der Waals surface area contributed by atoms with Gasteiger partial charge in [-0.1, -0.05) is 6.92 Å². The van der Waals surface area contributed by atoms with Crippen molar-refractivity contribution in [3.8, 4) is 10.4 Å². The average Bonchev–Trinajstić information content (AvgIpc) is 2.96. The highest BCUT2D eigenvalue weighted by atomic mass is 32.1. The van der Waals surface area contributed by atoms with E-state index in [1.54, 1.807) is 11.3 Å². The monoisotopic (exact) mass is 306 g/mol. The Morgan fingerprint density at radius 2 is 1.81 bits per heavy atom. The van der Waals surface area contributed by atoms with Gasteiger partial charge in [0, 0.05) is 39.8 Å². The van der Waals surface area contributed by atoms with Crippen molar-refractivity contribution in [3.63, 3.8) is 0 Å². The number of aryl methyl sites for hydroxylation is 1. The third-order valence-electron chi connectivity index (χ3n) is 3.38. The summed E-state index contributed by atoms with van der Waals surface area (Å²) in [5.74, 6) is 0. The fourth-order valence-electron chi connectivity index (χ4n) is 2.33. The molecule has 1 aromatic heterocycles. The molecule has 0 spiro atoms. The van der Waals surface area contributed by atoms with Gasteiger partial charge < -0.3 is 20.8 Å². The van der Waals surface area contributed by atoms with Crippen molar-refractivity contribution in [2.75, 3.05) is 36.9 Å². The molecule has 21 heavy (non-hydrogen) atoms. The van der Waals surface area contributed by atoms with Crippen LogP contribution in [-0.4, -0.2) is 36.5 Å². The highest BCUT2D eigenvalue weighted by molar-refractivity contribution is 7.15. The summed E-state index contributed by atoms with van der Waals surface area (Å²) in [6.45, 7) is 3.22. The summed E-state index contributed by atoms with van der Waals surface area (Å²) < 4.78 is 0. The third kappa shape index (κ3) is 3.75. The van der Waals surface area contributed by atoms with Crippen LogP contribution in [0.3, 0.4) is 0 Å². The molecular weight excluding hydrogens is 284 g/mol. The smallest absolute Gasteiger partial charge is 0.0606 e. The summed E-state index contributed by atoms with van der Waals surface area (Å²) in [6.07, 6.45) is 1.01. The van der Waals surface area contributed by atoms with Gasteiger partial charge in [-0.15, -0.1) is 11.3 Å². The standard InChI is InChI=1S/C16H22N2O2S/c1-2-13-4-6-16(21-13)14-11-12(17)3-5-15(14)18(7-9-19)8-10-20/h3-6,11,19-20H,2,7-10,17H2,1H3. The van der Waals surface area contributed by atoms with Crippen molar-refractivity contribution in [2.24, 2.45) is 0 Å². The molecule has 0 radical (unpaired) electrons. The van der Waals surface area contributed by atoms with Gasteiger partial charge in [-0.05, 0) is 36.8 Å². The molecule has 0 fully saturated rings. The Morgan fingerprint density at radius 3 is 2.38 bits per heavy atom. The van der Waals surface area contributed by atoms with Gasteiger partial charge in [0.1, 0.15) is 0 Å². The maximum atomic E-state index is 9.24. The summed E-state index contributed by atoms with van der Waals surface area (Å²) in [7, 11) is 0. The zero-order valence-corrected chi connectivity index (χ0v) is 13.1. The van der Waals surface area contributed by atoms with E-state index >= 15 is 0 Å². The van der Waals surface area contributed by atoms with Gasteiger partial charge in [0.05, 0.1) is 13.2 Å². The van der Waals surface area contributed by atoms with Gasteiger partial charge in [-0.25, -0.2) is 0 Å². The predicted molar refractivity (Wildman–Crippen MR) is 89.9 cm³/mol. The number of hydrogen-bond donors (Lipinski definition) is 3. The molecule has 2 aromatic rings. The fourth-order valence-corrected chi connectivity index (χ4v) is 3.31. The molecule has 114 valence electrons. The first-order valence-electron chi connectivity index (χ1n) is 7.14. The lowest BCUT2D eigenvalue weighted by atomic mass is 10.1. The van der Waals surface area contributed by atoms with E-state index in [4.69, 9.17) is 5.73 Å². The van der Waals surface area contributed by atoms with Crippen molar-refractivity contribution in [1.82, 2.24) is 0 Å². The van der Waals surface area contributed by atoms with Crippen molar-refractivity contribution < 1.29 is 10.2 Å². The highest BCUT2D eigenvalue weighted by Crippen LogP contribution is 2.37. The van der Waals surface area contributed by atoms with E-state index in [0.29, 0.717) is 18.8 Å². The van der Waals surface area contributed by atoms with Crippen molar-refractivity contribution in [3.05, 3.63) is 35.2 Å². The van der Waals surface area contributed by atoms with E-state index in [9.17, 15) is 10.2 Å². The number of aliphatic hydroxyl groups excluding tert-OH is 2. The number of thiophene rings is 1. The minimum atomic E-state index is 0.0501. The summed E-state index contributed by atoms with van der Waals surface area (Å²) in [5, 5.41) is 18.5. The van der Waals surface area contributed by atoms with Gasteiger partial charge in [-0.2, -0.15) is 0 Å². The first-order chi connectivity index (χ1) is 10.2. The summed E-state index contributed by atoms with van der Waals surface area (Å²) >= 11 is 1.76. The molecule has 4 N–H and O–H groups in total. The predicted octanol–water partition coefficient (Wildman–Crippen LogP) is 2.35. The first-order valence-corrected chi connectivity index (χ1v) is 7.96. The van der Waals surface area contributed by atoms with Gasteiger partial charge in [-0.3, -0.25) is 0 Å². The molecule has 1 heterocycles. The molecule has 0 saturated heterocycles. The Bertz CT molecular complexity index is 577. The lowest BCUT2D eigenvalue weighted by molar-refractivity contribution is 0.281. The van der Waals surface area contributed by atoms with Crippen LogP contribution in [-0.2, 0) is 6.42 Å². The second kappa shape index (κ2) is 7.45. The van der Waals surface area contributed by atoms with Gasteiger partial charge in [0.2, 0.25) is 0 Å². The number of nitrogen functional groups attached to an aromatic ring is 1. The van der Waals surface area contributed by atoms with Crippen LogP contribution < -0.4 is 10.6 Å². The van der Waals surface area contributed by atoms with Crippen LogP contribution >= 0.6 is 11.3 Å². The second-order valence-corrected chi connectivity index (χ2v) is 6.00. The number of rotatable bonds is 7. The Balaban J connectivity index is 2.45. The number of nitrogens with zero attached hydrogens (tertiary/aromatic N) is 1.